The van der Waals surface area contributed by atoms with Gasteiger partial charge in [0.2, 0.25) is 5.91 Å². The fourth-order valence-corrected chi connectivity index (χ4v) is 4.80. The first-order valence-electron chi connectivity index (χ1n) is 9.82. The van der Waals surface area contributed by atoms with Gasteiger partial charge in [0.1, 0.15) is 16.4 Å². The van der Waals surface area contributed by atoms with Gasteiger partial charge < -0.3 is 14.8 Å². The van der Waals surface area contributed by atoms with Crippen LogP contribution in [0.15, 0.2) is 82.6 Å². The van der Waals surface area contributed by atoms with E-state index in [0.29, 0.717) is 23.7 Å². The van der Waals surface area contributed by atoms with Crippen LogP contribution in [0.1, 0.15) is 6.92 Å². The molecular weight excluding hydrogens is 448 g/mol. The molecule has 0 saturated carbocycles. The third-order valence-corrected chi connectivity index (χ3v) is 6.68. The highest BCUT2D eigenvalue weighted by Crippen LogP contribution is 2.29. The zero-order valence-corrected chi connectivity index (χ0v) is 19.3. The number of carbonyl (C=O) groups excluding carboxylic acids is 1. The van der Waals surface area contributed by atoms with Crippen LogP contribution in [0.2, 0.25) is 0 Å². The van der Waals surface area contributed by atoms with Crippen molar-refractivity contribution in [3.05, 3.63) is 72.8 Å². The normalized spacial score (nSPS) is 10.9. The molecule has 0 aromatic heterocycles. The summed E-state index contributed by atoms with van der Waals surface area (Å²) in [5.41, 5.74) is 0.737. The summed E-state index contributed by atoms with van der Waals surface area (Å²) < 4.78 is 39.1. The number of hydrogen-bond donors (Lipinski definition) is 2. The minimum Gasteiger partial charge on any atom is -0.495 e. The second-order valence-corrected chi connectivity index (χ2v) is 9.28. The summed E-state index contributed by atoms with van der Waals surface area (Å²) in [7, 11) is -2.58. The number of benzene rings is 3. The van der Waals surface area contributed by atoms with E-state index in [1.165, 1.54) is 31.0 Å². The van der Waals surface area contributed by atoms with Gasteiger partial charge >= 0.3 is 0 Å². The Kier molecular flexibility index (Phi) is 8.02. The first-order chi connectivity index (χ1) is 15.4. The molecule has 32 heavy (non-hydrogen) atoms. The van der Waals surface area contributed by atoms with Crippen molar-refractivity contribution in [1.29, 1.82) is 0 Å². The first-order valence-corrected chi connectivity index (χ1v) is 12.3. The Hall–Kier alpha value is -3.17. The average molecular weight is 473 g/mol. The van der Waals surface area contributed by atoms with E-state index >= 15 is 0 Å². The highest BCUT2D eigenvalue weighted by molar-refractivity contribution is 8.00. The highest BCUT2D eigenvalue weighted by atomic mass is 32.2. The van der Waals surface area contributed by atoms with Gasteiger partial charge in [-0.1, -0.05) is 18.2 Å². The number of sulfonamides is 1. The Bertz CT molecular complexity index is 1150. The lowest BCUT2D eigenvalue weighted by atomic mass is 10.3. The third-order valence-electron chi connectivity index (χ3n) is 4.27. The van der Waals surface area contributed by atoms with Crippen molar-refractivity contribution < 1.29 is 22.7 Å². The molecule has 3 aromatic rings. The van der Waals surface area contributed by atoms with Gasteiger partial charge in [-0.15, -0.1) is 11.8 Å². The molecule has 0 heterocycles. The molecule has 3 aromatic carbocycles. The molecule has 0 aliphatic heterocycles. The number of anilines is 2. The van der Waals surface area contributed by atoms with Gasteiger partial charge in [-0.05, 0) is 61.5 Å². The van der Waals surface area contributed by atoms with Crippen molar-refractivity contribution in [3.8, 4) is 11.5 Å². The number of nitrogens with one attached hydrogen (secondary N) is 2. The third kappa shape index (κ3) is 6.41. The van der Waals surface area contributed by atoms with E-state index in [-0.39, 0.29) is 22.3 Å². The van der Waals surface area contributed by atoms with Crippen LogP contribution in [0.4, 0.5) is 11.4 Å². The van der Waals surface area contributed by atoms with Crippen LogP contribution in [0.25, 0.3) is 0 Å². The Morgan fingerprint density at radius 2 is 1.66 bits per heavy atom. The van der Waals surface area contributed by atoms with Crippen molar-refractivity contribution in [1.82, 2.24) is 0 Å². The van der Waals surface area contributed by atoms with Gasteiger partial charge in [0.25, 0.3) is 10.0 Å². The first kappa shape index (κ1) is 23.5. The van der Waals surface area contributed by atoms with Crippen molar-refractivity contribution >= 4 is 39.1 Å². The Morgan fingerprint density at radius 3 is 2.31 bits per heavy atom. The number of carbonyl (C=O) groups is 1. The Balaban J connectivity index is 1.73. The summed E-state index contributed by atoms with van der Waals surface area (Å²) in [6.45, 7) is 2.39. The molecule has 0 bridgehead atoms. The number of thioether (sulfide) groups is 1. The van der Waals surface area contributed by atoms with Gasteiger partial charge in [0, 0.05) is 16.3 Å². The summed E-state index contributed by atoms with van der Waals surface area (Å²) in [4.78, 5) is 13.2. The topological polar surface area (TPSA) is 93.7 Å². The monoisotopic (exact) mass is 472 g/mol. The second-order valence-electron chi connectivity index (χ2n) is 6.58. The minimum absolute atomic E-state index is 0.0811. The average Bonchev–Trinajstić information content (AvgIpc) is 2.80. The van der Waals surface area contributed by atoms with Crippen molar-refractivity contribution in [3.63, 3.8) is 0 Å². The molecular formula is C23H24N2O5S2. The van der Waals surface area contributed by atoms with Crippen LogP contribution in [-0.4, -0.2) is 33.8 Å². The van der Waals surface area contributed by atoms with Crippen molar-refractivity contribution in [2.24, 2.45) is 0 Å². The summed E-state index contributed by atoms with van der Waals surface area (Å²) in [5, 5.41) is 2.74. The molecule has 0 radical (unpaired) electrons. The molecule has 1 amide bonds. The molecule has 3 rings (SSSR count). The molecule has 9 heteroatoms. The summed E-state index contributed by atoms with van der Waals surface area (Å²) in [5.74, 6) is 0.765. The van der Waals surface area contributed by atoms with E-state index in [4.69, 9.17) is 9.47 Å². The summed E-state index contributed by atoms with van der Waals surface area (Å²) in [6, 6.07) is 20.6. The number of methoxy groups -OCH3 is 1. The molecule has 0 unspecified atom stereocenters. The van der Waals surface area contributed by atoms with Crippen molar-refractivity contribution in [2.45, 2.75) is 16.7 Å². The molecule has 2 N–H and O–H groups in total. The van der Waals surface area contributed by atoms with E-state index in [0.717, 1.165) is 4.90 Å². The fourth-order valence-electron chi connectivity index (χ4n) is 2.82. The maximum absolute atomic E-state index is 13.0. The largest absolute Gasteiger partial charge is 0.495 e. The van der Waals surface area contributed by atoms with Crippen LogP contribution >= 0.6 is 11.8 Å². The maximum atomic E-state index is 13.0. The van der Waals surface area contributed by atoms with Crippen LogP contribution in [-0.2, 0) is 14.8 Å². The SMILES string of the molecule is CCOc1ccc(NS(=O)(=O)c2cc(NC(=O)CSc3ccccc3)ccc2OC)cc1. The maximum Gasteiger partial charge on any atom is 0.265 e. The van der Waals surface area contributed by atoms with Gasteiger partial charge in [-0.3, -0.25) is 9.52 Å². The minimum atomic E-state index is -3.97. The van der Waals surface area contributed by atoms with Gasteiger partial charge in [-0.2, -0.15) is 0 Å². The zero-order chi connectivity index (χ0) is 23.0. The molecule has 168 valence electrons. The molecule has 7 nitrogen and oxygen atoms in total. The number of amides is 1. The Morgan fingerprint density at radius 1 is 0.969 bits per heavy atom. The Labute approximate surface area is 192 Å². The molecule has 0 aliphatic rings. The highest BCUT2D eigenvalue weighted by Gasteiger charge is 2.21. The van der Waals surface area contributed by atoms with Crippen LogP contribution < -0.4 is 19.5 Å². The van der Waals surface area contributed by atoms with Crippen LogP contribution in [0.5, 0.6) is 11.5 Å². The van der Waals surface area contributed by atoms with E-state index in [9.17, 15) is 13.2 Å². The van der Waals surface area contributed by atoms with E-state index in [1.807, 2.05) is 37.3 Å². The molecule has 0 fully saturated rings. The predicted octanol–water partition coefficient (Wildman–Crippen LogP) is 4.63. The predicted molar refractivity (Wildman–Crippen MR) is 127 cm³/mol. The molecule has 0 spiro atoms. The van der Waals surface area contributed by atoms with Crippen molar-refractivity contribution in [2.75, 3.05) is 29.5 Å². The lowest BCUT2D eigenvalue weighted by Gasteiger charge is -2.14. The standard InChI is InChI=1S/C23H24N2O5S2/c1-3-30-19-12-9-17(10-13-19)25-32(27,28)22-15-18(11-14-21(22)29-2)24-23(26)16-31-20-7-5-4-6-8-20/h4-15,25H,3,16H2,1-2H3,(H,24,26). The zero-order valence-electron chi connectivity index (χ0n) is 17.7. The number of rotatable bonds is 10. The van der Waals surface area contributed by atoms with Crippen LogP contribution in [0.3, 0.4) is 0 Å². The summed E-state index contributed by atoms with van der Waals surface area (Å²) >= 11 is 1.39. The van der Waals surface area contributed by atoms with Gasteiger partial charge in [-0.25, -0.2) is 8.42 Å². The lowest BCUT2D eigenvalue weighted by Crippen LogP contribution is -2.17. The molecule has 0 aliphatic carbocycles. The molecule has 0 atom stereocenters. The van der Waals surface area contributed by atoms with Gasteiger partial charge in [0.05, 0.1) is 19.5 Å². The smallest absolute Gasteiger partial charge is 0.265 e. The number of hydrogen-bond acceptors (Lipinski definition) is 6. The lowest BCUT2D eigenvalue weighted by molar-refractivity contribution is -0.113. The fraction of sp³-hybridized carbons (Fsp3) is 0.174. The van der Waals surface area contributed by atoms with E-state index < -0.39 is 10.0 Å². The molecule has 0 saturated heterocycles. The van der Waals surface area contributed by atoms with E-state index in [2.05, 4.69) is 10.0 Å². The van der Waals surface area contributed by atoms with Gasteiger partial charge in [0.15, 0.2) is 0 Å². The van der Waals surface area contributed by atoms with Crippen LogP contribution in [0, 0.1) is 0 Å². The second kappa shape index (κ2) is 10.9. The van der Waals surface area contributed by atoms with E-state index in [1.54, 1.807) is 30.3 Å². The quantitative estimate of drug-likeness (QED) is 0.418. The number of ether oxygens (including phenoxy) is 2. The summed E-state index contributed by atoms with van der Waals surface area (Å²) in [6.07, 6.45) is 0.